The number of anilines is 1. The lowest BCUT2D eigenvalue weighted by Crippen LogP contribution is -2.51. The number of ether oxygens (including phenoxy) is 1. The summed E-state index contributed by atoms with van der Waals surface area (Å²) in [7, 11) is -2.73. The third-order valence-corrected chi connectivity index (χ3v) is 8.80. The number of halogens is 2. The average molecular weight is 607 g/mol. The van der Waals surface area contributed by atoms with E-state index in [0.29, 0.717) is 34.4 Å². The Morgan fingerprint density at radius 1 is 0.975 bits per heavy atom. The third kappa shape index (κ3) is 7.27. The summed E-state index contributed by atoms with van der Waals surface area (Å²) in [6.07, 6.45) is 0.299. The van der Waals surface area contributed by atoms with Gasteiger partial charge in [0, 0.05) is 13.6 Å². The Hall–Kier alpha value is -3.27. The Bertz CT molecular complexity index is 1450. The molecule has 3 aromatic carbocycles. The maximum absolute atomic E-state index is 14.0. The molecule has 0 saturated heterocycles. The molecule has 0 aliphatic carbocycles. The molecule has 0 aliphatic rings. The summed E-state index contributed by atoms with van der Waals surface area (Å²) < 4.78 is 34.8. The van der Waals surface area contributed by atoms with E-state index in [2.05, 4.69) is 5.32 Å². The van der Waals surface area contributed by atoms with E-state index in [4.69, 9.17) is 27.9 Å². The van der Waals surface area contributed by atoms with Crippen molar-refractivity contribution in [1.82, 2.24) is 10.2 Å². The molecular formula is C29H33Cl2N3O5S. The van der Waals surface area contributed by atoms with Crippen LogP contribution in [0, 0.1) is 6.92 Å². The van der Waals surface area contributed by atoms with Crippen molar-refractivity contribution in [2.24, 2.45) is 0 Å². The Morgan fingerprint density at radius 3 is 2.25 bits per heavy atom. The van der Waals surface area contributed by atoms with E-state index in [1.54, 1.807) is 68.4 Å². The molecule has 0 aromatic heterocycles. The van der Waals surface area contributed by atoms with Crippen molar-refractivity contribution in [3.63, 3.8) is 0 Å². The third-order valence-electron chi connectivity index (χ3n) is 6.29. The van der Waals surface area contributed by atoms with Gasteiger partial charge >= 0.3 is 0 Å². The first kappa shape index (κ1) is 31.3. The lowest BCUT2D eigenvalue weighted by molar-refractivity contribution is -0.140. The fourth-order valence-corrected chi connectivity index (χ4v) is 5.96. The lowest BCUT2D eigenvalue weighted by Gasteiger charge is -2.33. The first-order valence-electron chi connectivity index (χ1n) is 12.8. The van der Waals surface area contributed by atoms with Gasteiger partial charge in [0.1, 0.15) is 18.3 Å². The van der Waals surface area contributed by atoms with Gasteiger partial charge in [-0.05, 0) is 62.2 Å². The topological polar surface area (TPSA) is 96.0 Å². The highest BCUT2D eigenvalue weighted by Gasteiger charge is 2.34. The second-order valence-electron chi connectivity index (χ2n) is 9.03. The number of carbonyl (C=O) groups excluding carboxylic acids is 2. The highest BCUT2D eigenvalue weighted by atomic mass is 35.5. The van der Waals surface area contributed by atoms with Gasteiger partial charge in [-0.15, -0.1) is 0 Å². The Labute approximate surface area is 245 Å². The normalized spacial score (nSPS) is 11.9. The zero-order valence-corrected chi connectivity index (χ0v) is 25.2. The number of amides is 2. The number of benzene rings is 3. The molecule has 1 atom stereocenters. The van der Waals surface area contributed by atoms with Crippen LogP contribution in [-0.2, 0) is 26.2 Å². The molecule has 1 N–H and O–H groups in total. The zero-order valence-electron chi connectivity index (χ0n) is 22.9. The Morgan fingerprint density at radius 2 is 1.65 bits per heavy atom. The van der Waals surface area contributed by atoms with Gasteiger partial charge in [-0.3, -0.25) is 13.9 Å². The molecule has 40 heavy (non-hydrogen) atoms. The number of aryl methyl sites for hydroxylation is 1. The van der Waals surface area contributed by atoms with Crippen molar-refractivity contribution < 1.29 is 22.7 Å². The molecule has 8 nitrogen and oxygen atoms in total. The zero-order chi connectivity index (χ0) is 29.4. The van der Waals surface area contributed by atoms with Gasteiger partial charge < -0.3 is 15.0 Å². The van der Waals surface area contributed by atoms with E-state index in [1.165, 1.54) is 24.1 Å². The molecule has 0 spiro atoms. The predicted octanol–water partition coefficient (Wildman–Crippen LogP) is 5.45. The van der Waals surface area contributed by atoms with Crippen LogP contribution in [0.25, 0.3) is 0 Å². The first-order valence-corrected chi connectivity index (χ1v) is 15.0. The fourth-order valence-electron chi connectivity index (χ4n) is 4.21. The number of hydrogen-bond donors (Lipinski definition) is 1. The SMILES string of the molecule is CCOc1ccccc1N(CC(=O)N(Cc1ccc(Cl)c(Cl)c1)C(CC)C(=O)NC)S(=O)(=O)c1ccc(C)cc1. The molecule has 2 amide bonds. The molecule has 0 radical (unpaired) electrons. The van der Waals surface area contributed by atoms with E-state index in [9.17, 15) is 18.0 Å². The number of nitrogens with zero attached hydrogens (tertiary/aromatic N) is 2. The summed E-state index contributed by atoms with van der Waals surface area (Å²) in [5, 5.41) is 3.25. The molecule has 214 valence electrons. The number of hydrogen-bond acceptors (Lipinski definition) is 5. The van der Waals surface area contributed by atoms with Gasteiger partial charge in [-0.1, -0.05) is 66.0 Å². The summed E-state index contributed by atoms with van der Waals surface area (Å²) in [5.41, 5.74) is 1.73. The summed E-state index contributed by atoms with van der Waals surface area (Å²) in [5.74, 6) is -0.648. The van der Waals surface area contributed by atoms with Crippen molar-refractivity contribution in [2.45, 2.75) is 44.7 Å². The summed E-state index contributed by atoms with van der Waals surface area (Å²) >= 11 is 12.3. The molecule has 0 heterocycles. The van der Waals surface area contributed by atoms with Crippen LogP contribution in [0.3, 0.4) is 0 Å². The van der Waals surface area contributed by atoms with Gasteiger partial charge in [0.15, 0.2) is 0 Å². The minimum Gasteiger partial charge on any atom is -0.492 e. The number of para-hydroxylation sites is 2. The molecule has 1 unspecified atom stereocenters. The molecular weight excluding hydrogens is 573 g/mol. The van der Waals surface area contributed by atoms with Crippen molar-refractivity contribution in [3.05, 3.63) is 87.9 Å². The average Bonchev–Trinajstić information content (AvgIpc) is 2.94. The number of likely N-dealkylation sites (N-methyl/N-ethyl adjacent to an activating group) is 1. The van der Waals surface area contributed by atoms with Crippen LogP contribution in [0.5, 0.6) is 5.75 Å². The molecule has 3 rings (SSSR count). The highest BCUT2D eigenvalue weighted by Crippen LogP contribution is 2.33. The van der Waals surface area contributed by atoms with Crippen molar-refractivity contribution in [2.75, 3.05) is 24.5 Å². The van der Waals surface area contributed by atoms with Crippen molar-refractivity contribution in [3.8, 4) is 5.75 Å². The summed E-state index contributed by atoms with van der Waals surface area (Å²) in [6, 6.07) is 17.1. The maximum Gasteiger partial charge on any atom is 0.264 e. The van der Waals surface area contributed by atoms with Crippen LogP contribution in [0.15, 0.2) is 71.6 Å². The Balaban J connectivity index is 2.12. The predicted molar refractivity (Wildman–Crippen MR) is 158 cm³/mol. The quantitative estimate of drug-likeness (QED) is 0.296. The summed E-state index contributed by atoms with van der Waals surface area (Å²) in [4.78, 5) is 28.3. The van der Waals surface area contributed by atoms with E-state index < -0.39 is 28.5 Å². The highest BCUT2D eigenvalue weighted by molar-refractivity contribution is 7.92. The minimum atomic E-state index is -4.22. The molecule has 0 saturated carbocycles. The molecule has 11 heteroatoms. The molecule has 0 fully saturated rings. The molecule has 3 aromatic rings. The maximum atomic E-state index is 14.0. The minimum absolute atomic E-state index is 0.00712. The van der Waals surface area contributed by atoms with Crippen LogP contribution in [-0.4, -0.2) is 51.4 Å². The van der Waals surface area contributed by atoms with Gasteiger partial charge in [-0.25, -0.2) is 8.42 Å². The van der Waals surface area contributed by atoms with Gasteiger partial charge in [-0.2, -0.15) is 0 Å². The van der Waals surface area contributed by atoms with Crippen LogP contribution in [0.2, 0.25) is 10.0 Å². The Kier molecular flexibility index (Phi) is 10.8. The van der Waals surface area contributed by atoms with Crippen LogP contribution < -0.4 is 14.4 Å². The van der Waals surface area contributed by atoms with Crippen LogP contribution in [0.1, 0.15) is 31.4 Å². The second kappa shape index (κ2) is 13.9. The molecule has 0 aliphatic heterocycles. The van der Waals surface area contributed by atoms with Crippen molar-refractivity contribution >= 4 is 50.7 Å². The number of sulfonamides is 1. The summed E-state index contributed by atoms with van der Waals surface area (Å²) in [6.45, 7) is 5.14. The van der Waals surface area contributed by atoms with Crippen molar-refractivity contribution in [1.29, 1.82) is 0 Å². The monoisotopic (exact) mass is 605 g/mol. The van der Waals surface area contributed by atoms with Gasteiger partial charge in [0.25, 0.3) is 10.0 Å². The van der Waals surface area contributed by atoms with E-state index >= 15 is 0 Å². The molecule has 0 bridgehead atoms. The van der Waals surface area contributed by atoms with E-state index in [0.717, 1.165) is 9.87 Å². The van der Waals surface area contributed by atoms with Crippen LogP contribution >= 0.6 is 23.2 Å². The number of carbonyl (C=O) groups is 2. The second-order valence-corrected chi connectivity index (χ2v) is 11.7. The van der Waals surface area contributed by atoms with Gasteiger partial charge in [0.05, 0.1) is 27.2 Å². The van der Waals surface area contributed by atoms with E-state index in [-0.39, 0.29) is 23.0 Å². The van der Waals surface area contributed by atoms with Crippen LogP contribution in [0.4, 0.5) is 5.69 Å². The standard InChI is InChI=1S/C29H33Cl2N3O5S/c1-5-25(29(36)32-4)33(18-21-13-16-23(30)24(31)17-21)28(35)19-34(26-9-7-8-10-27(26)39-6-2)40(37,38)22-14-11-20(3)12-15-22/h7-17,25H,5-6,18-19H2,1-4H3,(H,32,36). The smallest absolute Gasteiger partial charge is 0.264 e. The largest absolute Gasteiger partial charge is 0.492 e. The van der Waals surface area contributed by atoms with Gasteiger partial charge in [0.2, 0.25) is 11.8 Å². The fraction of sp³-hybridized carbons (Fsp3) is 0.310. The van der Waals surface area contributed by atoms with E-state index in [1.807, 2.05) is 6.92 Å². The number of nitrogens with one attached hydrogen (secondary N) is 1. The number of rotatable bonds is 12. The lowest BCUT2D eigenvalue weighted by atomic mass is 10.1. The first-order chi connectivity index (χ1) is 19.0.